The SMILES string of the molecule is O=C(O)C1CCN(C(=O)CNc2ccc(I)cc2)CC1. The van der Waals surface area contributed by atoms with Gasteiger partial charge in [0.1, 0.15) is 0 Å². The van der Waals surface area contributed by atoms with Gasteiger partial charge in [0.15, 0.2) is 0 Å². The van der Waals surface area contributed by atoms with E-state index in [2.05, 4.69) is 27.9 Å². The Balaban J connectivity index is 1.78. The number of nitrogens with one attached hydrogen (secondary N) is 1. The molecule has 0 bridgehead atoms. The number of carboxylic acids is 1. The second-order valence-corrected chi connectivity index (χ2v) is 6.10. The molecule has 108 valence electrons. The minimum atomic E-state index is -0.755. The Morgan fingerprint density at radius 2 is 1.85 bits per heavy atom. The Labute approximate surface area is 131 Å². The van der Waals surface area contributed by atoms with Crippen LogP contribution in [0.1, 0.15) is 12.8 Å². The summed E-state index contributed by atoms with van der Waals surface area (Å²) in [7, 11) is 0. The van der Waals surface area contributed by atoms with E-state index in [1.165, 1.54) is 0 Å². The van der Waals surface area contributed by atoms with Gasteiger partial charge in [0, 0.05) is 22.3 Å². The lowest BCUT2D eigenvalue weighted by molar-refractivity contribution is -0.145. The normalized spacial score (nSPS) is 15.9. The predicted octanol–water partition coefficient (Wildman–Crippen LogP) is 2.03. The Kier molecular flexibility index (Phi) is 5.22. The number of piperidine rings is 1. The molecule has 1 amide bonds. The van der Waals surface area contributed by atoms with E-state index in [-0.39, 0.29) is 18.4 Å². The number of amides is 1. The van der Waals surface area contributed by atoms with Crippen LogP contribution < -0.4 is 5.32 Å². The van der Waals surface area contributed by atoms with E-state index in [4.69, 9.17) is 5.11 Å². The van der Waals surface area contributed by atoms with Gasteiger partial charge in [0.25, 0.3) is 0 Å². The van der Waals surface area contributed by atoms with Crippen molar-refractivity contribution in [1.82, 2.24) is 4.90 Å². The van der Waals surface area contributed by atoms with Crippen LogP contribution in [-0.2, 0) is 9.59 Å². The van der Waals surface area contributed by atoms with Crippen molar-refractivity contribution in [2.45, 2.75) is 12.8 Å². The van der Waals surface area contributed by atoms with Crippen molar-refractivity contribution in [1.29, 1.82) is 0 Å². The molecule has 1 aliphatic heterocycles. The molecule has 0 radical (unpaired) electrons. The molecular formula is C14H17IN2O3. The van der Waals surface area contributed by atoms with E-state index in [0.717, 1.165) is 9.26 Å². The molecule has 0 aromatic heterocycles. The van der Waals surface area contributed by atoms with Crippen LogP contribution in [-0.4, -0.2) is 41.5 Å². The highest BCUT2D eigenvalue weighted by atomic mass is 127. The highest BCUT2D eigenvalue weighted by molar-refractivity contribution is 14.1. The summed E-state index contributed by atoms with van der Waals surface area (Å²) in [5, 5.41) is 12.0. The van der Waals surface area contributed by atoms with Crippen LogP contribution in [0.2, 0.25) is 0 Å². The Hall–Kier alpha value is -1.31. The van der Waals surface area contributed by atoms with Gasteiger partial charge in [-0.2, -0.15) is 0 Å². The molecule has 1 saturated heterocycles. The third-order valence-corrected chi connectivity index (χ3v) is 4.20. The van der Waals surface area contributed by atoms with Gasteiger partial charge in [0.05, 0.1) is 12.5 Å². The summed E-state index contributed by atoms with van der Waals surface area (Å²) in [6.07, 6.45) is 1.09. The zero-order valence-corrected chi connectivity index (χ0v) is 13.2. The second kappa shape index (κ2) is 6.92. The number of carbonyl (C=O) groups is 2. The Morgan fingerprint density at radius 3 is 2.40 bits per heavy atom. The number of nitrogens with zero attached hydrogens (tertiary/aromatic N) is 1. The number of carbonyl (C=O) groups excluding carboxylic acids is 1. The van der Waals surface area contributed by atoms with E-state index < -0.39 is 5.97 Å². The number of anilines is 1. The van der Waals surface area contributed by atoms with E-state index in [1.54, 1.807) is 4.90 Å². The lowest BCUT2D eigenvalue weighted by Gasteiger charge is -2.30. The minimum absolute atomic E-state index is 0.0207. The molecule has 5 nitrogen and oxygen atoms in total. The monoisotopic (exact) mass is 388 g/mol. The molecule has 0 aliphatic carbocycles. The van der Waals surface area contributed by atoms with Crippen molar-refractivity contribution < 1.29 is 14.7 Å². The van der Waals surface area contributed by atoms with Crippen molar-refractivity contribution in [3.63, 3.8) is 0 Å². The summed E-state index contributed by atoms with van der Waals surface area (Å²) in [5.41, 5.74) is 0.916. The van der Waals surface area contributed by atoms with Crippen molar-refractivity contribution >= 4 is 40.2 Å². The summed E-state index contributed by atoms with van der Waals surface area (Å²) in [4.78, 5) is 24.6. The molecular weight excluding hydrogens is 371 g/mol. The summed E-state index contributed by atoms with van der Waals surface area (Å²) in [6, 6.07) is 7.83. The number of carboxylic acid groups (broad SMARTS) is 1. The molecule has 1 heterocycles. The molecule has 2 rings (SSSR count). The maximum atomic E-state index is 12.0. The van der Waals surface area contributed by atoms with Gasteiger partial charge in [-0.25, -0.2) is 0 Å². The fourth-order valence-corrected chi connectivity index (χ4v) is 2.59. The van der Waals surface area contributed by atoms with Crippen molar-refractivity contribution in [3.05, 3.63) is 27.8 Å². The molecule has 2 N–H and O–H groups in total. The van der Waals surface area contributed by atoms with Gasteiger partial charge in [-0.15, -0.1) is 0 Å². The van der Waals surface area contributed by atoms with Crippen LogP contribution in [0.15, 0.2) is 24.3 Å². The summed E-state index contributed by atoms with van der Waals surface area (Å²) in [5.74, 6) is -1.04. The maximum absolute atomic E-state index is 12.0. The average molecular weight is 388 g/mol. The molecule has 6 heteroatoms. The summed E-state index contributed by atoms with van der Waals surface area (Å²) >= 11 is 2.23. The fraction of sp³-hybridized carbons (Fsp3) is 0.429. The lowest BCUT2D eigenvalue weighted by atomic mass is 9.97. The van der Waals surface area contributed by atoms with E-state index >= 15 is 0 Å². The summed E-state index contributed by atoms with van der Waals surface area (Å²) < 4.78 is 1.15. The number of halogens is 1. The maximum Gasteiger partial charge on any atom is 0.306 e. The van der Waals surface area contributed by atoms with Crippen LogP contribution in [0.4, 0.5) is 5.69 Å². The van der Waals surface area contributed by atoms with Gasteiger partial charge >= 0.3 is 5.97 Å². The number of hydrogen-bond acceptors (Lipinski definition) is 3. The van der Waals surface area contributed by atoms with Gasteiger partial charge in [-0.3, -0.25) is 9.59 Å². The molecule has 0 spiro atoms. The summed E-state index contributed by atoms with van der Waals surface area (Å²) in [6.45, 7) is 1.31. The van der Waals surface area contributed by atoms with Crippen LogP contribution in [0, 0.1) is 9.49 Å². The van der Waals surface area contributed by atoms with Crippen molar-refractivity contribution in [2.24, 2.45) is 5.92 Å². The molecule has 1 aromatic carbocycles. The standard InChI is InChI=1S/C14H17IN2O3/c15-11-1-3-12(4-2-11)16-9-13(18)17-7-5-10(6-8-17)14(19)20/h1-4,10,16H,5-9H2,(H,19,20). The quantitative estimate of drug-likeness (QED) is 0.775. The first-order chi connectivity index (χ1) is 9.56. The molecule has 0 unspecified atom stereocenters. The van der Waals surface area contributed by atoms with Crippen LogP contribution in [0.25, 0.3) is 0 Å². The van der Waals surface area contributed by atoms with Crippen LogP contribution >= 0.6 is 22.6 Å². The van der Waals surface area contributed by atoms with E-state index in [9.17, 15) is 9.59 Å². The predicted molar refractivity (Wildman–Crippen MR) is 84.6 cm³/mol. The van der Waals surface area contributed by atoms with Gasteiger partial charge < -0.3 is 15.3 Å². The second-order valence-electron chi connectivity index (χ2n) is 4.85. The van der Waals surface area contributed by atoms with Crippen molar-refractivity contribution in [2.75, 3.05) is 25.0 Å². The molecule has 0 atom stereocenters. The number of benzene rings is 1. The number of aliphatic carboxylic acids is 1. The third kappa shape index (κ3) is 4.09. The number of hydrogen-bond donors (Lipinski definition) is 2. The molecule has 1 aromatic rings. The molecule has 0 saturated carbocycles. The minimum Gasteiger partial charge on any atom is -0.481 e. The van der Waals surface area contributed by atoms with Gasteiger partial charge in [-0.05, 0) is 59.7 Å². The van der Waals surface area contributed by atoms with Crippen LogP contribution in [0.3, 0.4) is 0 Å². The average Bonchev–Trinajstić information content (AvgIpc) is 2.46. The Morgan fingerprint density at radius 1 is 1.25 bits per heavy atom. The molecule has 1 aliphatic rings. The largest absolute Gasteiger partial charge is 0.481 e. The topological polar surface area (TPSA) is 69.6 Å². The molecule has 1 fully saturated rings. The first-order valence-electron chi connectivity index (χ1n) is 6.56. The highest BCUT2D eigenvalue weighted by Crippen LogP contribution is 2.17. The lowest BCUT2D eigenvalue weighted by Crippen LogP contribution is -2.42. The zero-order valence-electron chi connectivity index (χ0n) is 11.0. The van der Waals surface area contributed by atoms with Gasteiger partial charge in [-0.1, -0.05) is 0 Å². The highest BCUT2D eigenvalue weighted by Gasteiger charge is 2.26. The molecule has 20 heavy (non-hydrogen) atoms. The first kappa shape index (κ1) is 15.1. The fourth-order valence-electron chi connectivity index (χ4n) is 2.23. The third-order valence-electron chi connectivity index (χ3n) is 3.48. The van der Waals surface area contributed by atoms with E-state index in [0.29, 0.717) is 25.9 Å². The smallest absolute Gasteiger partial charge is 0.306 e. The zero-order chi connectivity index (χ0) is 14.5. The Bertz CT molecular complexity index is 482. The van der Waals surface area contributed by atoms with Crippen LogP contribution in [0.5, 0.6) is 0 Å². The van der Waals surface area contributed by atoms with E-state index in [1.807, 2.05) is 24.3 Å². The van der Waals surface area contributed by atoms with Crippen molar-refractivity contribution in [3.8, 4) is 0 Å². The number of rotatable bonds is 4. The van der Waals surface area contributed by atoms with Gasteiger partial charge in [0.2, 0.25) is 5.91 Å². The number of likely N-dealkylation sites (tertiary alicyclic amines) is 1. The first-order valence-corrected chi connectivity index (χ1v) is 7.64.